The van der Waals surface area contributed by atoms with Crippen LogP contribution in [0, 0.1) is 19.8 Å². The maximum Gasteiger partial charge on any atom is 0.243 e. The molecule has 2 aromatic rings. The standard InChI is InChI=1S/C20H23ClN2O3S/c1-14-8-10-17(11-9-14)27(25,26)23-12-4-5-16(13-23)20(24)22-19-7-3-6-18(21)15(19)2/h3,6-11,16H,4-5,12-13H2,1-2H3,(H,22,24)/t16-/m0/s1. The van der Waals surface area contributed by atoms with Crippen molar-refractivity contribution >= 4 is 33.2 Å². The molecule has 0 bridgehead atoms. The van der Waals surface area contributed by atoms with E-state index in [2.05, 4.69) is 5.32 Å². The number of hydrogen-bond acceptors (Lipinski definition) is 3. The Morgan fingerprint density at radius 1 is 1.15 bits per heavy atom. The molecule has 1 fully saturated rings. The van der Waals surface area contributed by atoms with Crippen molar-refractivity contribution in [3.63, 3.8) is 0 Å². The second-order valence-corrected chi connectivity index (χ2v) is 9.26. The maximum atomic E-state index is 12.9. The molecule has 1 atom stereocenters. The smallest absolute Gasteiger partial charge is 0.243 e. The number of amides is 1. The molecule has 1 heterocycles. The number of nitrogens with zero attached hydrogens (tertiary/aromatic N) is 1. The van der Waals surface area contributed by atoms with Gasteiger partial charge in [-0.2, -0.15) is 4.31 Å². The summed E-state index contributed by atoms with van der Waals surface area (Å²) in [5.74, 6) is -0.568. The molecule has 0 spiro atoms. The fraction of sp³-hybridized carbons (Fsp3) is 0.350. The molecule has 2 aromatic carbocycles. The van der Waals surface area contributed by atoms with Crippen molar-refractivity contribution < 1.29 is 13.2 Å². The second-order valence-electron chi connectivity index (χ2n) is 6.92. The Labute approximate surface area is 165 Å². The number of anilines is 1. The molecule has 1 aliphatic heterocycles. The lowest BCUT2D eigenvalue weighted by Crippen LogP contribution is -2.43. The van der Waals surface area contributed by atoms with E-state index in [0.29, 0.717) is 30.1 Å². The number of aryl methyl sites for hydroxylation is 1. The predicted molar refractivity (Wildman–Crippen MR) is 107 cm³/mol. The lowest BCUT2D eigenvalue weighted by Gasteiger charge is -2.31. The van der Waals surface area contributed by atoms with Crippen molar-refractivity contribution in [2.75, 3.05) is 18.4 Å². The monoisotopic (exact) mass is 406 g/mol. The fourth-order valence-electron chi connectivity index (χ4n) is 3.21. The summed E-state index contributed by atoms with van der Waals surface area (Å²) in [5, 5.41) is 3.48. The van der Waals surface area contributed by atoms with Crippen molar-refractivity contribution in [3.8, 4) is 0 Å². The first kappa shape index (κ1) is 19.9. The Kier molecular flexibility index (Phi) is 5.89. The normalized spacial score (nSPS) is 18.3. The number of carbonyl (C=O) groups excluding carboxylic acids is 1. The van der Waals surface area contributed by atoms with Crippen molar-refractivity contribution in [2.45, 2.75) is 31.6 Å². The van der Waals surface area contributed by atoms with Crippen LogP contribution in [0.4, 0.5) is 5.69 Å². The zero-order valence-electron chi connectivity index (χ0n) is 15.4. The summed E-state index contributed by atoms with van der Waals surface area (Å²) in [5.41, 5.74) is 2.46. The molecule has 7 heteroatoms. The number of sulfonamides is 1. The zero-order chi connectivity index (χ0) is 19.6. The third kappa shape index (κ3) is 4.34. The minimum absolute atomic E-state index is 0.177. The maximum absolute atomic E-state index is 12.9. The number of nitrogens with one attached hydrogen (secondary N) is 1. The van der Waals surface area contributed by atoms with Crippen LogP contribution >= 0.6 is 11.6 Å². The number of rotatable bonds is 4. The van der Waals surface area contributed by atoms with Crippen LogP contribution in [0.25, 0.3) is 0 Å². The Morgan fingerprint density at radius 2 is 1.85 bits per heavy atom. The van der Waals surface area contributed by atoms with Gasteiger partial charge in [-0.1, -0.05) is 35.4 Å². The minimum atomic E-state index is -3.60. The molecular formula is C20H23ClN2O3S. The van der Waals surface area contributed by atoms with Gasteiger partial charge in [0.25, 0.3) is 0 Å². The van der Waals surface area contributed by atoms with Crippen molar-refractivity contribution in [1.29, 1.82) is 0 Å². The van der Waals surface area contributed by atoms with E-state index in [9.17, 15) is 13.2 Å². The molecule has 1 N–H and O–H groups in total. The van der Waals surface area contributed by atoms with Gasteiger partial charge in [-0.3, -0.25) is 4.79 Å². The van der Waals surface area contributed by atoms with Crippen molar-refractivity contribution in [2.24, 2.45) is 5.92 Å². The summed E-state index contributed by atoms with van der Waals surface area (Å²) in [4.78, 5) is 13.0. The highest BCUT2D eigenvalue weighted by Gasteiger charge is 2.33. The number of hydrogen-bond donors (Lipinski definition) is 1. The molecule has 27 heavy (non-hydrogen) atoms. The number of benzene rings is 2. The summed E-state index contributed by atoms with van der Waals surface area (Å²) in [6.07, 6.45) is 1.31. The van der Waals surface area contributed by atoms with Crippen LogP contribution in [0.5, 0.6) is 0 Å². The second kappa shape index (κ2) is 8.00. The van der Waals surface area contributed by atoms with Gasteiger partial charge in [0.2, 0.25) is 15.9 Å². The van der Waals surface area contributed by atoms with Gasteiger partial charge < -0.3 is 5.32 Å². The first-order valence-electron chi connectivity index (χ1n) is 8.92. The van der Waals surface area contributed by atoms with E-state index in [1.54, 1.807) is 42.5 Å². The summed E-state index contributed by atoms with van der Waals surface area (Å²) < 4.78 is 27.2. The van der Waals surface area contributed by atoms with Crippen molar-refractivity contribution in [1.82, 2.24) is 4.31 Å². The average molecular weight is 407 g/mol. The molecule has 0 unspecified atom stereocenters. The van der Waals surface area contributed by atoms with E-state index in [1.165, 1.54) is 4.31 Å². The molecule has 0 radical (unpaired) electrons. The fourth-order valence-corrected chi connectivity index (χ4v) is 4.91. The van der Waals surface area contributed by atoms with E-state index < -0.39 is 15.9 Å². The molecule has 1 aliphatic rings. The van der Waals surface area contributed by atoms with Gasteiger partial charge in [-0.05, 0) is 56.5 Å². The molecule has 144 valence electrons. The number of piperidine rings is 1. The lowest BCUT2D eigenvalue weighted by molar-refractivity contribution is -0.120. The van der Waals surface area contributed by atoms with Crippen LogP contribution in [0.2, 0.25) is 5.02 Å². The molecule has 5 nitrogen and oxygen atoms in total. The summed E-state index contributed by atoms with van der Waals surface area (Å²) in [6.45, 7) is 4.36. The Morgan fingerprint density at radius 3 is 2.56 bits per heavy atom. The Balaban J connectivity index is 1.74. The van der Waals surface area contributed by atoms with Crippen molar-refractivity contribution in [3.05, 3.63) is 58.6 Å². The number of carbonyl (C=O) groups is 1. The van der Waals surface area contributed by atoms with Crippen LogP contribution in [0.15, 0.2) is 47.4 Å². The molecule has 3 rings (SSSR count). The highest BCUT2D eigenvalue weighted by atomic mass is 35.5. The highest BCUT2D eigenvalue weighted by Crippen LogP contribution is 2.27. The molecule has 1 saturated heterocycles. The van der Waals surface area contributed by atoms with Crippen LogP contribution in [-0.4, -0.2) is 31.7 Å². The lowest BCUT2D eigenvalue weighted by atomic mass is 9.98. The van der Waals surface area contributed by atoms with E-state index in [1.807, 2.05) is 13.8 Å². The molecule has 0 saturated carbocycles. The topological polar surface area (TPSA) is 66.5 Å². The Bertz CT molecular complexity index is 942. The van der Waals surface area contributed by atoms with Crippen LogP contribution < -0.4 is 5.32 Å². The van der Waals surface area contributed by atoms with E-state index in [0.717, 1.165) is 11.1 Å². The zero-order valence-corrected chi connectivity index (χ0v) is 17.0. The first-order valence-corrected chi connectivity index (χ1v) is 10.7. The third-order valence-electron chi connectivity index (χ3n) is 4.94. The number of halogens is 1. The van der Waals surface area contributed by atoms with Gasteiger partial charge in [0.05, 0.1) is 10.8 Å². The van der Waals surface area contributed by atoms with Gasteiger partial charge in [0, 0.05) is 23.8 Å². The van der Waals surface area contributed by atoms with Gasteiger partial charge in [-0.15, -0.1) is 0 Å². The average Bonchev–Trinajstić information content (AvgIpc) is 2.66. The molecule has 1 amide bonds. The quantitative estimate of drug-likeness (QED) is 0.834. The van der Waals surface area contributed by atoms with Gasteiger partial charge in [-0.25, -0.2) is 8.42 Å². The highest BCUT2D eigenvalue weighted by molar-refractivity contribution is 7.89. The summed E-state index contributed by atoms with van der Waals surface area (Å²) >= 11 is 6.11. The molecule has 0 aliphatic carbocycles. The van der Waals surface area contributed by atoms with E-state index in [4.69, 9.17) is 11.6 Å². The Hall–Kier alpha value is -1.89. The van der Waals surface area contributed by atoms with E-state index in [-0.39, 0.29) is 17.3 Å². The summed E-state index contributed by atoms with van der Waals surface area (Å²) in [6, 6.07) is 12.1. The van der Waals surface area contributed by atoms with E-state index >= 15 is 0 Å². The SMILES string of the molecule is Cc1ccc(S(=O)(=O)N2CCC[C@H](C(=O)Nc3cccc(Cl)c3C)C2)cc1. The van der Waals surface area contributed by atoms with Gasteiger partial charge in [0.15, 0.2) is 0 Å². The van der Waals surface area contributed by atoms with Crippen LogP contribution in [-0.2, 0) is 14.8 Å². The van der Waals surface area contributed by atoms with Gasteiger partial charge >= 0.3 is 0 Å². The van der Waals surface area contributed by atoms with Crippen LogP contribution in [0.3, 0.4) is 0 Å². The molecular weight excluding hydrogens is 384 g/mol. The predicted octanol–water partition coefficient (Wildman–Crippen LogP) is 4.00. The van der Waals surface area contributed by atoms with Gasteiger partial charge in [0.1, 0.15) is 0 Å². The summed E-state index contributed by atoms with van der Waals surface area (Å²) in [7, 11) is -3.60. The minimum Gasteiger partial charge on any atom is -0.326 e. The third-order valence-corrected chi connectivity index (χ3v) is 7.23. The largest absolute Gasteiger partial charge is 0.326 e. The first-order chi connectivity index (χ1) is 12.8. The van der Waals surface area contributed by atoms with Crippen LogP contribution in [0.1, 0.15) is 24.0 Å². The molecule has 0 aromatic heterocycles.